The maximum atomic E-state index is 11.0. The number of nitrogens with zero attached hydrogens (tertiary/aromatic N) is 1. The molecule has 1 rings (SSSR count). The van der Waals surface area contributed by atoms with Crippen molar-refractivity contribution < 1.29 is 14.3 Å². The topological polar surface area (TPSA) is 38.8 Å². The molecule has 0 aromatic carbocycles. The summed E-state index contributed by atoms with van der Waals surface area (Å²) in [6.07, 6.45) is 0. The van der Waals surface area contributed by atoms with Gasteiger partial charge in [0.15, 0.2) is 0 Å². The van der Waals surface area contributed by atoms with E-state index in [9.17, 15) is 4.79 Å². The summed E-state index contributed by atoms with van der Waals surface area (Å²) in [5.41, 5.74) is 0.910. The highest BCUT2D eigenvalue weighted by Crippen LogP contribution is 2.16. The number of esters is 1. The van der Waals surface area contributed by atoms with Gasteiger partial charge in [0.25, 0.3) is 0 Å². The summed E-state index contributed by atoms with van der Waals surface area (Å²) >= 11 is 0. The number of cyclic esters (lactones) is 1. The Labute approximate surface area is 71.7 Å². The van der Waals surface area contributed by atoms with Crippen LogP contribution < -0.4 is 0 Å². The van der Waals surface area contributed by atoms with Crippen LogP contribution >= 0.6 is 0 Å². The van der Waals surface area contributed by atoms with Gasteiger partial charge in [-0.2, -0.15) is 0 Å². The Morgan fingerprint density at radius 1 is 1.58 bits per heavy atom. The van der Waals surface area contributed by atoms with E-state index in [0.717, 1.165) is 5.57 Å². The smallest absolute Gasteiger partial charge is 0.374 e. The number of likely N-dealkylation sites (N-methyl/N-ethyl adjacent to an activating group) is 1. The van der Waals surface area contributed by atoms with Crippen LogP contribution in [0.3, 0.4) is 0 Å². The molecule has 0 bridgehead atoms. The van der Waals surface area contributed by atoms with Crippen molar-refractivity contribution in [2.45, 2.75) is 0 Å². The zero-order valence-electron chi connectivity index (χ0n) is 7.59. The van der Waals surface area contributed by atoms with Gasteiger partial charge in [-0.05, 0) is 14.1 Å². The van der Waals surface area contributed by atoms with Gasteiger partial charge in [-0.1, -0.05) is 0 Å². The van der Waals surface area contributed by atoms with Crippen LogP contribution in [-0.4, -0.2) is 45.2 Å². The van der Waals surface area contributed by atoms with E-state index in [2.05, 4.69) is 0 Å². The van der Waals surface area contributed by atoms with Crippen LogP contribution in [0.2, 0.25) is 0 Å². The van der Waals surface area contributed by atoms with Crippen LogP contribution in [0.5, 0.6) is 0 Å². The molecule has 4 heteroatoms. The lowest BCUT2D eigenvalue weighted by molar-refractivity contribution is -0.138. The summed E-state index contributed by atoms with van der Waals surface area (Å²) in [5, 5.41) is 0. The lowest BCUT2D eigenvalue weighted by Gasteiger charge is -2.09. The number of carbonyl (C=O) groups is 1. The Hall–Kier alpha value is -1.03. The van der Waals surface area contributed by atoms with Gasteiger partial charge < -0.3 is 14.4 Å². The third-order valence-electron chi connectivity index (χ3n) is 1.60. The summed E-state index contributed by atoms with van der Waals surface area (Å²) in [6, 6.07) is 0. The molecule has 0 radical (unpaired) electrons. The van der Waals surface area contributed by atoms with Crippen LogP contribution in [0.4, 0.5) is 0 Å². The second kappa shape index (κ2) is 3.58. The van der Waals surface area contributed by atoms with E-state index < -0.39 is 0 Å². The first-order chi connectivity index (χ1) is 5.65. The van der Waals surface area contributed by atoms with Gasteiger partial charge in [-0.3, -0.25) is 0 Å². The summed E-state index contributed by atoms with van der Waals surface area (Å²) in [6.45, 7) is 1.06. The molecule has 0 aromatic rings. The maximum Gasteiger partial charge on any atom is 0.374 e. The van der Waals surface area contributed by atoms with Gasteiger partial charge in [0.05, 0.1) is 7.11 Å². The molecular formula is C8H13NO3. The summed E-state index contributed by atoms with van der Waals surface area (Å²) < 4.78 is 9.72. The molecular weight excluding hydrogens is 158 g/mol. The maximum absolute atomic E-state index is 11.0. The highest BCUT2D eigenvalue weighted by molar-refractivity contribution is 5.89. The van der Waals surface area contributed by atoms with Crippen LogP contribution in [0.1, 0.15) is 0 Å². The Morgan fingerprint density at radius 3 is 2.75 bits per heavy atom. The minimum atomic E-state index is -0.352. The van der Waals surface area contributed by atoms with E-state index in [0.29, 0.717) is 18.9 Å². The molecule has 0 atom stereocenters. The molecule has 1 heterocycles. The monoisotopic (exact) mass is 171 g/mol. The number of ether oxygens (including phenoxy) is 2. The van der Waals surface area contributed by atoms with Gasteiger partial charge >= 0.3 is 5.97 Å². The van der Waals surface area contributed by atoms with Gasteiger partial charge in [-0.15, -0.1) is 0 Å². The molecule has 0 saturated carbocycles. The molecule has 0 fully saturated rings. The van der Waals surface area contributed by atoms with E-state index >= 15 is 0 Å². The standard InChI is InChI=1S/C8H13NO3/c1-9(2)4-6-5-12-8(10)7(6)11-3/h4-5H2,1-3H3. The lowest BCUT2D eigenvalue weighted by Crippen LogP contribution is -2.16. The summed E-state index contributed by atoms with van der Waals surface area (Å²) in [4.78, 5) is 12.9. The predicted molar refractivity (Wildman–Crippen MR) is 43.5 cm³/mol. The van der Waals surface area contributed by atoms with E-state index in [1.807, 2.05) is 19.0 Å². The van der Waals surface area contributed by atoms with Crippen molar-refractivity contribution in [3.8, 4) is 0 Å². The normalized spacial score (nSPS) is 17.2. The zero-order chi connectivity index (χ0) is 9.14. The predicted octanol–water partition coefficient (Wildman–Crippen LogP) is 0.00530. The average molecular weight is 171 g/mol. The molecule has 0 N–H and O–H groups in total. The molecule has 0 amide bonds. The Balaban J connectivity index is 2.71. The highest BCUT2D eigenvalue weighted by Gasteiger charge is 2.25. The molecule has 0 saturated heterocycles. The summed E-state index contributed by atoms with van der Waals surface area (Å²) in [7, 11) is 5.35. The first-order valence-corrected chi connectivity index (χ1v) is 3.73. The molecule has 0 unspecified atom stereocenters. The van der Waals surface area contributed by atoms with Gasteiger partial charge in [0, 0.05) is 12.1 Å². The minimum Gasteiger partial charge on any atom is -0.490 e. The Bertz CT molecular complexity index is 220. The van der Waals surface area contributed by atoms with Crippen molar-refractivity contribution in [2.75, 3.05) is 34.4 Å². The van der Waals surface area contributed by atoms with Crippen LogP contribution in [0.25, 0.3) is 0 Å². The SMILES string of the molecule is COC1=C(CN(C)C)COC1=O. The van der Waals surface area contributed by atoms with Gasteiger partial charge in [-0.25, -0.2) is 4.79 Å². The molecule has 1 aliphatic rings. The average Bonchev–Trinajstić information content (AvgIpc) is 2.30. The fraction of sp³-hybridized carbons (Fsp3) is 0.625. The number of carbonyl (C=O) groups excluding carboxylic acids is 1. The van der Waals surface area contributed by atoms with E-state index in [1.54, 1.807) is 0 Å². The van der Waals surface area contributed by atoms with E-state index in [4.69, 9.17) is 9.47 Å². The largest absolute Gasteiger partial charge is 0.490 e. The third-order valence-corrected chi connectivity index (χ3v) is 1.60. The molecule has 0 aliphatic carbocycles. The lowest BCUT2D eigenvalue weighted by atomic mass is 10.2. The molecule has 1 aliphatic heterocycles. The molecule has 0 aromatic heterocycles. The minimum absolute atomic E-state index is 0.352. The van der Waals surface area contributed by atoms with Crippen LogP contribution in [0, 0.1) is 0 Å². The van der Waals surface area contributed by atoms with Crippen molar-refractivity contribution in [3.63, 3.8) is 0 Å². The van der Waals surface area contributed by atoms with Crippen LogP contribution in [0.15, 0.2) is 11.3 Å². The first kappa shape index (κ1) is 9.06. The second-order valence-corrected chi connectivity index (χ2v) is 2.95. The number of methoxy groups -OCH3 is 1. The van der Waals surface area contributed by atoms with Crippen molar-refractivity contribution in [1.29, 1.82) is 0 Å². The Kier molecular flexibility index (Phi) is 2.70. The van der Waals surface area contributed by atoms with E-state index in [1.165, 1.54) is 7.11 Å². The van der Waals surface area contributed by atoms with Crippen molar-refractivity contribution in [3.05, 3.63) is 11.3 Å². The number of rotatable bonds is 3. The quantitative estimate of drug-likeness (QED) is 0.560. The molecule has 12 heavy (non-hydrogen) atoms. The van der Waals surface area contributed by atoms with Crippen LogP contribution in [-0.2, 0) is 14.3 Å². The first-order valence-electron chi connectivity index (χ1n) is 3.73. The fourth-order valence-electron chi connectivity index (χ4n) is 1.15. The van der Waals surface area contributed by atoms with Crippen molar-refractivity contribution >= 4 is 5.97 Å². The van der Waals surface area contributed by atoms with Gasteiger partial charge in [0.1, 0.15) is 6.61 Å². The zero-order valence-corrected chi connectivity index (χ0v) is 7.59. The third kappa shape index (κ3) is 1.76. The van der Waals surface area contributed by atoms with Crippen molar-refractivity contribution in [1.82, 2.24) is 4.90 Å². The van der Waals surface area contributed by atoms with Crippen molar-refractivity contribution in [2.24, 2.45) is 0 Å². The van der Waals surface area contributed by atoms with E-state index in [-0.39, 0.29) is 5.97 Å². The molecule has 4 nitrogen and oxygen atoms in total. The molecule has 68 valence electrons. The fourth-order valence-corrected chi connectivity index (χ4v) is 1.15. The summed E-state index contributed by atoms with van der Waals surface area (Å²) in [5.74, 6) is 0.0121. The second-order valence-electron chi connectivity index (χ2n) is 2.95. The number of hydrogen-bond donors (Lipinski definition) is 0. The highest BCUT2D eigenvalue weighted by atomic mass is 16.6. The Morgan fingerprint density at radius 2 is 2.25 bits per heavy atom. The van der Waals surface area contributed by atoms with Gasteiger partial charge in [0.2, 0.25) is 5.76 Å². The number of hydrogen-bond acceptors (Lipinski definition) is 4. The molecule has 0 spiro atoms.